The molecule has 0 aliphatic carbocycles. The molecule has 0 saturated heterocycles. The molecule has 0 spiro atoms. The molecule has 0 saturated carbocycles. The van der Waals surface area contributed by atoms with Gasteiger partial charge in [-0.3, -0.25) is 0 Å². The lowest BCUT2D eigenvalue weighted by Gasteiger charge is -2.27. The normalized spacial score (nSPS) is 11.5. The van der Waals surface area contributed by atoms with Crippen molar-refractivity contribution < 1.29 is 4.42 Å². The zero-order chi connectivity index (χ0) is 30.5. The number of anilines is 3. The van der Waals surface area contributed by atoms with Gasteiger partial charge in [-0.25, -0.2) is 0 Å². The molecule has 46 heavy (non-hydrogen) atoms. The van der Waals surface area contributed by atoms with Gasteiger partial charge in [0.25, 0.3) is 0 Å². The van der Waals surface area contributed by atoms with Crippen LogP contribution in [0.3, 0.4) is 0 Å². The molecule has 9 aromatic rings. The second kappa shape index (κ2) is 10.8. The number of hydrogen-bond acceptors (Lipinski definition) is 2. The molecule has 8 aromatic carbocycles. The maximum absolute atomic E-state index is 6.71. The summed E-state index contributed by atoms with van der Waals surface area (Å²) >= 11 is 0. The quantitative estimate of drug-likeness (QED) is 0.186. The van der Waals surface area contributed by atoms with E-state index in [4.69, 9.17) is 4.42 Å². The molecule has 0 unspecified atom stereocenters. The van der Waals surface area contributed by atoms with Crippen LogP contribution in [-0.2, 0) is 0 Å². The summed E-state index contributed by atoms with van der Waals surface area (Å²) in [6.45, 7) is 0. The molecule has 1 aromatic heterocycles. The van der Waals surface area contributed by atoms with Gasteiger partial charge in [0.2, 0.25) is 0 Å². The summed E-state index contributed by atoms with van der Waals surface area (Å²) < 4.78 is 6.71. The largest absolute Gasteiger partial charge is 0.455 e. The van der Waals surface area contributed by atoms with Gasteiger partial charge in [0.05, 0.1) is 11.1 Å². The SMILES string of the molecule is c1ccc(-c2ccc(-c3ccc(N(c4ccccc4)c4ccc5c(ccc6ccccc65)c4)c4c3oc3ccccc34)cc2)cc1. The molecule has 0 amide bonds. The van der Waals surface area contributed by atoms with E-state index in [0.717, 1.165) is 50.1 Å². The Morgan fingerprint density at radius 1 is 0.391 bits per heavy atom. The topological polar surface area (TPSA) is 16.4 Å². The molecule has 0 aliphatic heterocycles. The fourth-order valence-corrected chi connectivity index (χ4v) is 6.84. The average molecular weight is 588 g/mol. The first kappa shape index (κ1) is 26.3. The van der Waals surface area contributed by atoms with E-state index in [1.54, 1.807) is 0 Å². The first-order valence-electron chi connectivity index (χ1n) is 15.7. The van der Waals surface area contributed by atoms with E-state index < -0.39 is 0 Å². The Morgan fingerprint density at radius 3 is 1.85 bits per heavy atom. The van der Waals surface area contributed by atoms with Crippen molar-refractivity contribution in [1.82, 2.24) is 0 Å². The van der Waals surface area contributed by atoms with Gasteiger partial charge in [-0.1, -0.05) is 133 Å². The van der Waals surface area contributed by atoms with E-state index in [-0.39, 0.29) is 0 Å². The molecule has 0 atom stereocenters. The highest BCUT2D eigenvalue weighted by Gasteiger charge is 2.22. The monoisotopic (exact) mass is 587 g/mol. The van der Waals surface area contributed by atoms with Crippen molar-refractivity contribution in [2.24, 2.45) is 0 Å². The minimum Gasteiger partial charge on any atom is -0.455 e. The molecular weight excluding hydrogens is 558 g/mol. The van der Waals surface area contributed by atoms with E-state index in [1.807, 2.05) is 6.07 Å². The van der Waals surface area contributed by atoms with E-state index in [2.05, 4.69) is 175 Å². The summed E-state index contributed by atoms with van der Waals surface area (Å²) in [6, 6.07) is 62.6. The van der Waals surface area contributed by atoms with Crippen LogP contribution >= 0.6 is 0 Å². The number of fused-ring (bicyclic) bond motifs is 6. The van der Waals surface area contributed by atoms with Crippen LogP contribution < -0.4 is 4.90 Å². The van der Waals surface area contributed by atoms with Gasteiger partial charge < -0.3 is 9.32 Å². The fraction of sp³-hybridized carbons (Fsp3) is 0. The van der Waals surface area contributed by atoms with Gasteiger partial charge in [0.1, 0.15) is 11.2 Å². The summed E-state index contributed by atoms with van der Waals surface area (Å²) in [7, 11) is 0. The molecule has 2 nitrogen and oxygen atoms in total. The number of para-hydroxylation sites is 2. The number of hydrogen-bond donors (Lipinski definition) is 0. The number of nitrogens with zero attached hydrogens (tertiary/aromatic N) is 1. The van der Waals surface area contributed by atoms with Crippen LogP contribution in [0.25, 0.3) is 65.7 Å². The van der Waals surface area contributed by atoms with Crippen LogP contribution in [0.5, 0.6) is 0 Å². The molecule has 1 heterocycles. The van der Waals surface area contributed by atoms with Gasteiger partial charge >= 0.3 is 0 Å². The third-order valence-electron chi connectivity index (χ3n) is 9.05. The van der Waals surface area contributed by atoms with Crippen molar-refractivity contribution in [3.8, 4) is 22.3 Å². The summed E-state index contributed by atoms with van der Waals surface area (Å²) in [5, 5.41) is 7.18. The van der Waals surface area contributed by atoms with Crippen LogP contribution in [0.1, 0.15) is 0 Å². The first-order valence-corrected chi connectivity index (χ1v) is 15.7. The van der Waals surface area contributed by atoms with Gasteiger partial charge in [0, 0.05) is 22.3 Å². The highest BCUT2D eigenvalue weighted by atomic mass is 16.3. The van der Waals surface area contributed by atoms with Gasteiger partial charge in [0.15, 0.2) is 0 Å². The Hall–Kier alpha value is -6.12. The third-order valence-corrected chi connectivity index (χ3v) is 9.05. The first-order chi connectivity index (χ1) is 22.8. The molecule has 2 heteroatoms. The predicted molar refractivity (Wildman–Crippen MR) is 194 cm³/mol. The summed E-state index contributed by atoms with van der Waals surface area (Å²) in [5.74, 6) is 0. The molecule has 0 N–H and O–H groups in total. The molecule has 0 bridgehead atoms. The lowest BCUT2D eigenvalue weighted by atomic mass is 9.97. The summed E-state index contributed by atoms with van der Waals surface area (Å²) in [5.41, 5.74) is 9.64. The Balaban J connectivity index is 1.26. The fourth-order valence-electron chi connectivity index (χ4n) is 6.84. The summed E-state index contributed by atoms with van der Waals surface area (Å²) in [4.78, 5) is 2.36. The average Bonchev–Trinajstić information content (AvgIpc) is 3.53. The Bertz CT molecular complexity index is 2510. The number of furan rings is 1. The molecule has 216 valence electrons. The molecular formula is C44H29NO. The highest BCUT2D eigenvalue weighted by molar-refractivity contribution is 6.17. The highest BCUT2D eigenvalue weighted by Crippen LogP contribution is 2.46. The van der Waals surface area contributed by atoms with Crippen LogP contribution in [0.15, 0.2) is 180 Å². The van der Waals surface area contributed by atoms with E-state index in [1.165, 1.54) is 32.7 Å². The van der Waals surface area contributed by atoms with Gasteiger partial charge in [-0.15, -0.1) is 0 Å². The van der Waals surface area contributed by atoms with Gasteiger partial charge in [-0.05, 0) is 80.7 Å². The minimum atomic E-state index is 0.880. The van der Waals surface area contributed by atoms with E-state index in [0.29, 0.717) is 0 Å². The molecule has 0 aliphatic rings. The van der Waals surface area contributed by atoms with Crippen molar-refractivity contribution in [1.29, 1.82) is 0 Å². The minimum absolute atomic E-state index is 0.880. The Labute approximate surface area is 267 Å². The predicted octanol–water partition coefficient (Wildman–Crippen LogP) is 12.7. The standard InChI is InChI=1S/C44H29NO/c1-3-11-30(12-4-1)31-19-21-33(22-20-31)39-27-28-41(43-40-17-9-10-18-42(40)46-44(39)43)45(35-14-5-2-6-15-35)36-25-26-38-34(29-36)24-23-32-13-7-8-16-37(32)38/h1-29H. The molecule has 9 rings (SSSR count). The smallest absolute Gasteiger partial charge is 0.145 e. The molecule has 0 radical (unpaired) electrons. The molecule has 0 fully saturated rings. The maximum Gasteiger partial charge on any atom is 0.145 e. The lowest BCUT2D eigenvalue weighted by Crippen LogP contribution is -2.10. The number of benzene rings is 8. The Morgan fingerprint density at radius 2 is 1.02 bits per heavy atom. The Kier molecular flexibility index (Phi) is 6.17. The third kappa shape index (κ3) is 4.35. The zero-order valence-electron chi connectivity index (χ0n) is 25.1. The second-order valence-corrected chi connectivity index (χ2v) is 11.7. The maximum atomic E-state index is 6.71. The van der Waals surface area contributed by atoms with Crippen molar-refractivity contribution in [2.75, 3.05) is 4.90 Å². The zero-order valence-corrected chi connectivity index (χ0v) is 25.1. The summed E-state index contributed by atoms with van der Waals surface area (Å²) in [6.07, 6.45) is 0. The van der Waals surface area contributed by atoms with Crippen molar-refractivity contribution in [3.63, 3.8) is 0 Å². The van der Waals surface area contributed by atoms with E-state index >= 15 is 0 Å². The second-order valence-electron chi connectivity index (χ2n) is 11.7. The van der Waals surface area contributed by atoms with Crippen LogP contribution in [-0.4, -0.2) is 0 Å². The van der Waals surface area contributed by atoms with Crippen LogP contribution in [0.2, 0.25) is 0 Å². The van der Waals surface area contributed by atoms with Crippen LogP contribution in [0.4, 0.5) is 17.1 Å². The lowest BCUT2D eigenvalue weighted by molar-refractivity contribution is 0.670. The van der Waals surface area contributed by atoms with Gasteiger partial charge in [-0.2, -0.15) is 0 Å². The van der Waals surface area contributed by atoms with Crippen molar-refractivity contribution in [2.45, 2.75) is 0 Å². The van der Waals surface area contributed by atoms with Crippen LogP contribution in [0, 0.1) is 0 Å². The van der Waals surface area contributed by atoms with Crippen molar-refractivity contribution >= 4 is 60.5 Å². The van der Waals surface area contributed by atoms with E-state index in [9.17, 15) is 0 Å². The van der Waals surface area contributed by atoms with Crippen molar-refractivity contribution in [3.05, 3.63) is 176 Å². The number of rotatable bonds is 5.